The van der Waals surface area contributed by atoms with Crippen LogP contribution < -0.4 is 21.1 Å². The maximum absolute atomic E-state index is 12.7. The van der Waals surface area contributed by atoms with Crippen LogP contribution >= 0.6 is 0 Å². The first-order valence-corrected chi connectivity index (χ1v) is 8.97. The number of nitrogens with zero attached hydrogens (tertiary/aromatic N) is 2. The summed E-state index contributed by atoms with van der Waals surface area (Å²) in [6.45, 7) is 3.78. The van der Waals surface area contributed by atoms with Crippen LogP contribution in [0.15, 0.2) is 6.07 Å². The second-order valence-corrected chi connectivity index (χ2v) is 6.65. The Morgan fingerprint density at radius 1 is 1.37 bits per heavy atom. The van der Waals surface area contributed by atoms with Gasteiger partial charge in [0.25, 0.3) is 5.91 Å². The molecule has 10 nitrogen and oxygen atoms in total. The van der Waals surface area contributed by atoms with Gasteiger partial charge in [0.1, 0.15) is 5.56 Å². The van der Waals surface area contributed by atoms with Gasteiger partial charge in [0.05, 0.1) is 18.1 Å². The third kappa shape index (κ3) is 5.53. The first-order valence-electron chi connectivity index (χ1n) is 8.97. The molecule has 27 heavy (non-hydrogen) atoms. The average molecular weight is 379 g/mol. The second kappa shape index (κ2) is 9.15. The Hall–Kier alpha value is -2.91. The smallest absolute Gasteiger partial charge is 0.312 e. The summed E-state index contributed by atoms with van der Waals surface area (Å²) in [5.74, 6) is -0.731. The fraction of sp³-hybridized carbons (Fsp3) is 0.588. The zero-order valence-electron chi connectivity index (χ0n) is 15.5. The van der Waals surface area contributed by atoms with Crippen LogP contribution in [0.25, 0.3) is 0 Å². The summed E-state index contributed by atoms with van der Waals surface area (Å²) < 4.78 is 5.40. The zero-order valence-corrected chi connectivity index (χ0v) is 15.5. The molecule has 2 rings (SSSR count). The topological polar surface area (TPSA) is 149 Å². The highest BCUT2D eigenvalue weighted by Crippen LogP contribution is 2.30. The summed E-state index contributed by atoms with van der Waals surface area (Å²) in [5, 5.41) is 16.8. The van der Waals surface area contributed by atoms with Gasteiger partial charge in [0.15, 0.2) is 0 Å². The Labute approximate surface area is 157 Å². The molecule has 0 unspecified atom stereocenters. The van der Waals surface area contributed by atoms with Crippen LogP contribution in [0.2, 0.25) is 0 Å². The van der Waals surface area contributed by atoms with E-state index in [4.69, 9.17) is 10.5 Å². The van der Waals surface area contributed by atoms with E-state index in [1.807, 2.05) is 0 Å². The molecule has 0 atom stereocenters. The lowest BCUT2D eigenvalue weighted by atomic mass is 9.87. The van der Waals surface area contributed by atoms with Crippen molar-refractivity contribution in [1.82, 2.24) is 10.3 Å². The van der Waals surface area contributed by atoms with Gasteiger partial charge in [-0.15, -0.1) is 0 Å². The predicted octanol–water partition coefficient (Wildman–Crippen LogP) is 1.59. The number of carbonyl (C=O) groups excluding carboxylic acids is 2. The first kappa shape index (κ1) is 20.4. The lowest BCUT2D eigenvalue weighted by Gasteiger charge is -2.27. The van der Waals surface area contributed by atoms with Gasteiger partial charge < -0.3 is 21.1 Å². The van der Waals surface area contributed by atoms with Gasteiger partial charge in [0, 0.05) is 12.1 Å². The molecule has 148 valence electrons. The Balaban J connectivity index is 2.29. The van der Waals surface area contributed by atoms with Crippen molar-refractivity contribution in [3.05, 3.63) is 21.7 Å². The number of nitrogens with one attached hydrogen (secondary N) is 2. The molecular formula is C17H25N5O5. The van der Waals surface area contributed by atoms with Crippen molar-refractivity contribution >= 4 is 23.3 Å². The van der Waals surface area contributed by atoms with E-state index in [0.29, 0.717) is 5.92 Å². The van der Waals surface area contributed by atoms with Gasteiger partial charge >= 0.3 is 5.69 Å². The fourth-order valence-corrected chi connectivity index (χ4v) is 3.00. The number of aromatic nitrogens is 1. The third-order valence-electron chi connectivity index (χ3n) is 4.47. The number of ether oxygens (including phenoxy) is 1. The summed E-state index contributed by atoms with van der Waals surface area (Å²) >= 11 is 0. The van der Waals surface area contributed by atoms with Crippen LogP contribution in [0.5, 0.6) is 5.88 Å². The van der Waals surface area contributed by atoms with E-state index in [1.54, 1.807) is 6.92 Å². The number of amides is 2. The summed E-state index contributed by atoms with van der Waals surface area (Å²) in [4.78, 5) is 38.4. The van der Waals surface area contributed by atoms with Crippen LogP contribution in [0, 0.1) is 16.0 Å². The second-order valence-electron chi connectivity index (χ2n) is 6.65. The van der Waals surface area contributed by atoms with E-state index in [1.165, 1.54) is 0 Å². The molecule has 0 radical (unpaired) electrons. The number of hydrogen-bond donors (Lipinski definition) is 3. The SMILES string of the molecule is CCOc1nc(NCC(N)=O)c([N+](=O)[O-])cc1C(=O)NC1CCC(C)CC1. The molecule has 0 bridgehead atoms. The minimum Gasteiger partial charge on any atom is -0.477 e. The standard InChI is InChI=1S/C17H25N5O5/c1-3-27-17-12(16(24)20-11-6-4-10(2)5-7-11)8-13(22(25)26)15(21-17)19-9-14(18)23/h8,10-11H,3-7,9H2,1-2H3,(H2,18,23)(H,19,21)(H,20,24). The lowest BCUT2D eigenvalue weighted by molar-refractivity contribution is -0.384. The number of primary amides is 1. The molecule has 1 saturated carbocycles. The monoisotopic (exact) mass is 379 g/mol. The van der Waals surface area contributed by atoms with Crippen molar-refractivity contribution < 1.29 is 19.2 Å². The number of pyridine rings is 1. The van der Waals surface area contributed by atoms with E-state index < -0.39 is 22.4 Å². The lowest BCUT2D eigenvalue weighted by Crippen LogP contribution is -2.37. The van der Waals surface area contributed by atoms with Gasteiger partial charge in [-0.3, -0.25) is 19.7 Å². The summed E-state index contributed by atoms with van der Waals surface area (Å²) in [7, 11) is 0. The van der Waals surface area contributed by atoms with Crippen molar-refractivity contribution in [2.24, 2.45) is 11.7 Å². The molecular weight excluding hydrogens is 354 g/mol. The van der Waals surface area contributed by atoms with Gasteiger partial charge in [-0.2, -0.15) is 4.98 Å². The molecule has 0 spiro atoms. The molecule has 1 aliphatic rings. The average Bonchev–Trinajstić information content (AvgIpc) is 2.61. The van der Waals surface area contributed by atoms with Gasteiger partial charge in [0.2, 0.25) is 17.6 Å². The van der Waals surface area contributed by atoms with E-state index in [9.17, 15) is 19.7 Å². The van der Waals surface area contributed by atoms with Crippen LogP contribution in [0.1, 0.15) is 49.9 Å². The molecule has 2 amide bonds. The number of carbonyl (C=O) groups is 2. The summed E-state index contributed by atoms with van der Waals surface area (Å²) in [6, 6.07) is 1.14. The molecule has 1 fully saturated rings. The van der Waals surface area contributed by atoms with Crippen LogP contribution in [-0.4, -0.2) is 40.9 Å². The number of nitro groups is 1. The van der Waals surface area contributed by atoms with Crippen molar-refractivity contribution in [3.63, 3.8) is 0 Å². The molecule has 10 heteroatoms. The summed E-state index contributed by atoms with van der Waals surface area (Å²) in [6.07, 6.45) is 3.78. The Morgan fingerprint density at radius 2 is 2.04 bits per heavy atom. The van der Waals surface area contributed by atoms with Crippen molar-refractivity contribution in [3.8, 4) is 5.88 Å². The highest BCUT2D eigenvalue weighted by Gasteiger charge is 2.27. The molecule has 1 heterocycles. The molecule has 1 aliphatic carbocycles. The highest BCUT2D eigenvalue weighted by molar-refractivity contribution is 5.98. The largest absolute Gasteiger partial charge is 0.477 e. The van der Waals surface area contributed by atoms with Gasteiger partial charge in [-0.05, 0) is 38.5 Å². The minimum atomic E-state index is -0.697. The van der Waals surface area contributed by atoms with E-state index in [-0.39, 0.29) is 36.5 Å². The molecule has 1 aromatic rings. The highest BCUT2D eigenvalue weighted by atomic mass is 16.6. The third-order valence-corrected chi connectivity index (χ3v) is 4.47. The van der Waals surface area contributed by atoms with Crippen LogP contribution in [0.3, 0.4) is 0 Å². The number of hydrogen-bond acceptors (Lipinski definition) is 7. The van der Waals surface area contributed by atoms with E-state index in [0.717, 1.165) is 31.7 Å². The van der Waals surface area contributed by atoms with Crippen molar-refractivity contribution in [2.45, 2.75) is 45.6 Å². The quantitative estimate of drug-likeness (QED) is 0.458. The van der Waals surface area contributed by atoms with Gasteiger partial charge in [-0.1, -0.05) is 6.92 Å². The Morgan fingerprint density at radius 3 is 2.59 bits per heavy atom. The number of anilines is 1. The predicted molar refractivity (Wildman–Crippen MR) is 98.6 cm³/mol. The number of nitrogens with two attached hydrogens (primary N) is 1. The summed E-state index contributed by atoms with van der Waals surface area (Å²) in [5.41, 5.74) is 4.62. The maximum Gasteiger partial charge on any atom is 0.312 e. The minimum absolute atomic E-state index is 0.00760. The van der Waals surface area contributed by atoms with E-state index in [2.05, 4.69) is 22.5 Å². The Kier molecular flexibility index (Phi) is 6.91. The number of rotatable bonds is 8. The van der Waals surface area contributed by atoms with Crippen molar-refractivity contribution in [1.29, 1.82) is 0 Å². The fourth-order valence-electron chi connectivity index (χ4n) is 3.00. The first-order chi connectivity index (χ1) is 12.8. The molecule has 4 N–H and O–H groups in total. The van der Waals surface area contributed by atoms with Crippen LogP contribution in [0.4, 0.5) is 11.5 Å². The van der Waals surface area contributed by atoms with E-state index >= 15 is 0 Å². The molecule has 1 aromatic heterocycles. The normalized spacial score (nSPS) is 19.2. The Bertz CT molecular complexity index is 716. The van der Waals surface area contributed by atoms with Crippen LogP contribution in [-0.2, 0) is 4.79 Å². The molecule has 0 saturated heterocycles. The van der Waals surface area contributed by atoms with Crippen molar-refractivity contribution in [2.75, 3.05) is 18.5 Å². The van der Waals surface area contributed by atoms with Gasteiger partial charge in [-0.25, -0.2) is 0 Å². The maximum atomic E-state index is 12.7. The zero-order chi connectivity index (χ0) is 20.0. The molecule has 0 aromatic carbocycles. The molecule has 0 aliphatic heterocycles.